The van der Waals surface area contributed by atoms with E-state index in [2.05, 4.69) is 27.8 Å². The molecule has 0 unspecified atom stereocenters. The number of halogens is 1. The lowest BCUT2D eigenvalue weighted by atomic mass is 10.1. The molecule has 3 rings (SSSR count). The molecule has 1 atom stereocenters. The molecule has 0 saturated heterocycles. The number of nitrogens with zero attached hydrogens (tertiary/aromatic N) is 3. The first-order valence-corrected chi connectivity index (χ1v) is 12.2. The summed E-state index contributed by atoms with van der Waals surface area (Å²) in [5.74, 6) is 0.528. The van der Waals surface area contributed by atoms with Gasteiger partial charge in [-0.2, -0.15) is 0 Å². The maximum absolute atomic E-state index is 12.6. The smallest absolute Gasteiger partial charge is 0.251 e. The number of nitrogens with one attached hydrogen (secondary N) is 2. The minimum Gasteiger partial charge on any atom is -0.342 e. The first-order chi connectivity index (χ1) is 15.8. The molecule has 0 fully saturated rings. The second kappa shape index (κ2) is 11.3. The largest absolute Gasteiger partial charge is 0.342 e. The van der Waals surface area contributed by atoms with Gasteiger partial charge in [0.15, 0.2) is 11.0 Å². The molecule has 0 aliphatic rings. The summed E-state index contributed by atoms with van der Waals surface area (Å²) in [5.41, 5.74) is 3.54. The van der Waals surface area contributed by atoms with Gasteiger partial charge in [-0.1, -0.05) is 48.5 Å². The highest BCUT2D eigenvalue weighted by Crippen LogP contribution is 2.24. The van der Waals surface area contributed by atoms with Gasteiger partial charge in [0.2, 0.25) is 5.91 Å². The molecule has 2 amide bonds. The Morgan fingerprint density at radius 1 is 1.12 bits per heavy atom. The van der Waals surface area contributed by atoms with Crippen LogP contribution >= 0.6 is 23.4 Å². The summed E-state index contributed by atoms with van der Waals surface area (Å²) in [6.07, 6.45) is 0.845. The maximum Gasteiger partial charge on any atom is 0.251 e. The van der Waals surface area contributed by atoms with Gasteiger partial charge in [0, 0.05) is 22.8 Å². The number of thioether (sulfide) groups is 1. The van der Waals surface area contributed by atoms with Gasteiger partial charge in [-0.3, -0.25) is 9.59 Å². The molecular weight excluding hydrogens is 458 g/mol. The van der Waals surface area contributed by atoms with Gasteiger partial charge in [-0.15, -0.1) is 10.2 Å². The molecule has 7 nitrogen and oxygen atoms in total. The average molecular weight is 486 g/mol. The van der Waals surface area contributed by atoms with Gasteiger partial charge in [0.05, 0.1) is 11.8 Å². The minimum absolute atomic E-state index is 0.0970. The average Bonchev–Trinajstić information content (AvgIpc) is 3.22. The van der Waals surface area contributed by atoms with Crippen molar-refractivity contribution in [2.75, 3.05) is 11.1 Å². The number of carbonyl (C=O) groups is 2. The lowest BCUT2D eigenvalue weighted by molar-refractivity contribution is -0.113. The number of aryl methyl sites for hydroxylation is 2. The van der Waals surface area contributed by atoms with E-state index < -0.39 is 0 Å². The predicted octanol–water partition coefficient (Wildman–Crippen LogP) is 5.04. The van der Waals surface area contributed by atoms with Crippen molar-refractivity contribution in [3.8, 4) is 0 Å². The third-order valence-corrected chi connectivity index (χ3v) is 6.46. The van der Waals surface area contributed by atoms with Crippen LogP contribution in [0.1, 0.15) is 54.1 Å². The fourth-order valence-corrected chi connectivity index (χ4v) is 4.41. The summed E-state index contributed by atoms with van der Waals surface area (Å²) < 4.78 is 1.91. The molecule has 0 radical (unpaired) electrons. The summed E-state index contributed by atoms with van der Waals surface area (Å²) in [7, 11) is 0. The molecule has 174 valence electrons. The van der Waals surface area contributed by atoms with E-state index in [9.17, 15) is 9.59 Å². The van der Waals surface area contributed by atoms with Crippen LogP contribution in [-0.4, -0.2) is 32.3 Å². The first-order valence-electron chi connectivity index (χ1n) is 10.8. The zero-order chi connectivity index (χ0) is 24.0. The number of amides is 2. The number of para-hydroxylation sites is 1. The van der Waals surface area contributed by atoms with Crippen molar-refractivity contribution in [1.82, 2.24) is 20.1 Å². The Kier molecular flexibility index (Phi) is 8.52. The second-order valence-electron chi connectivity index (χ2n) is 7.59. The molecule has 2 N–H and O–H groups in total. The van der Waals surface area contributed by atoms with Crippen molar-refractivity contribution >= 4 is 40.9 Å². The number of rotatable bonds is 9. The van der Waals surface area contributed by atoms with Gasteiger partial charge >= 0.3 is 0 Å². The molecule has 0 saturated carbocycles. The van der Waals surface area contributed by atoms with Gasteiger partial charge < -0.3 is 15.2 Å². The van der Waals surface area contributed by atoms with Gasteiger partial charge in [-0.05, 0) is 62.6 Å². The third-order valence-electron chi connectivity index (χ3n) is 5.24. The van der Waals surface area contributed by atoms with Gasteiger partial charge in [-0.25, -0.2) is 0 Å². The standard InChI is InChI=1S/C24H28ClN5O2S/c1-5-17-9-7-8-15(3)21(17)27-20(31)14-33-24-29-28-22(30(24)6-2)16(4)26-23(32)18-10-12-19(25)13-11-18/h7-13,16H,5-6,14H2,1-4H3,(H,26,32)(H,27,31)/t16-/m1/s1. The van der Waals surface area contributed by atoms with Crippen LogP contribution in [0.15, 0.2) is 47.6 Å². The Labute approximate surface area is 203 Å². The van der Waals surface area contributed by atoms with Crippen LogP contribution in [0.3, 0.4) is 0 Å². The van der Waals surface area contributed by atoms with E-state index in [1.807, 2.05) is 43.5 Å². The molecule has 3 aromatic rings. The normalized spacial score (nSPS) is 11.8. The van der Waals surface area contributed by atoms with Crippen molar-refractivity contribution in [3.05, 3.63) is 70.0 Å². The molecule has 0 aliphatic carbocycles. The van der Waals surface area contributed by atoms with E-state index in [-0.39, 0.29) is 23.6 Å². The molecule has 1 heterocycles. The van der Waals surface area contributed by atoms with Crippen LogP contribution in [0.25, 0.3) is 0 Å². The summed E-state index contributed by atoms with van der Waals surface area (Å²) in [6, 6.07) is 12.3. The SMILES string of the molecule is CCc1cccc(C)c1NC(=O)CSc1nnc([C@@H](C)NC(=O)c2ccc(Cl)cc2)n1CC. The molecule has 2 aromatic carbocycles. The fraction of sp³-hybridized carbons (Fsp3) is 0.333. The van der Waals surface area contributed by atoms with E-state index in [0.717, 1.165) is 23.2 Å². The van der Waals surface area contributed by atoms with Crippen molar-refractivity contribution in [2.45, 2.75) is 51.9 Å². The van der Waals surface area contributed by atoms with E-state index >= 15 is 0 Å². The molecule has 0 aliphatic heterocycles. The molecule has 0 bridgehead atoms. The highest BCUT2D eigenvalue weighted by atomic mass is 35.5. The van der Waals surface area contributed by atoms with Crippen molar-refractivity contribution < 1.29 is 9.59 Å². The molecule has 0 spiro atoms. The predicted molar refractivity (Wildman–Crippen MR) is 133 cm³/mol. The maximum atomic E-state index is 12.6. The molecular formula is C24H28ClN5O2S. The Morgan fingerprint density at radius 3 is 2.52 bits per heavy atom. The monoisotopic (exact) mass is 485 g/mol. The van der Waals surface area contributed by atoms with E-state index in [0.29, 0.717) is 28.1 Å². The summed E-state index contributed by atoms with van der Waals surface area (Å²) in [5, 5.41) is 15.7. The quantitative estimate of drug-likeness (QED) is 0.414. The number of carbonyl (C=O) groups excluding carboxylic acids is 2. The fourth-order valence-electron chi connectivity index (χ4n) is 3.48. The summed E-state index contributed by atoms with van der Waals surface area (Å²) in [4.78, 5) is 25.2. The van der Waals surface area contributed by atoms with Crippen molar-refractivity contribution in [1.29, 1.82) is 0 Å². The first kappa shape index (κ1) is 24.8. The van der Waals surface area contributed by atoms with Crippen LogP contribution in [0.5, 0.6) is 0 Å². The Hall–Kier alpha value is -2.84. The molecule has 9 heteroatoms. The van der Waals surface area contributed by atoms with Crippen LogP contribution in [0, 0.1) is 6.92 Å². The number of aromatic nitrogens is 3. The molecule has 1 aromatic heterocycles. The zero-order valence-corrected chi connectivity index (χ0v) is 20.8. The van der Waals surface area contributed by atoms with Gasteiger partial charge in [0.25, 0.3) is 5.91 Å². The van der Waals surface area contributed by atoms with E-state index in [1.165, 1.54) is 11.8 Å². The second-order valence-corrected chi connectivity index (χ2v) is 8.97. The van der Waals surface area contributed by atoms with Crippen molar-refractivity contribution in [2.24, 2.45) is 0 Å². The molecule has 33 heavy (non-hydrogen) atoms. The van der Waals surface area contributed by atoms with Crippen molar-refractivity contribution in [3.63, 3.8) is 0 Å². The number of hydrogen-bond donors (Lipinski definition) is 2. The minimum atomic E-state index is -0.358. The van der Waals surface area contributed by atoms with Gasteiger partial charge in [0.1, 0.15) is 0 Å². The Morgan fingerprint density at radius 2 is 1.85 bits per heavy atom. The lowest BCUT2D eigenvalue weighted by Gasteiger charge is -2.15. The highest BCUT2D eigenvalue weighted by Gasteiger charge is 2.20. The number of benzene rings is 2. The zero-order valence-electron chi connectivity index (χ0n) is 19.2. The summed E-state index contributed by atoms with van der Waals surface area (Å²) >= 11 is 7.22. The third kappa shape index (κ3) is 6.15. The Bertz CT molecular complexity index is 1130. The van der Waals surface area contributed by atoms with E-state index in [4.69, 9.17) is 11.6 Å². The number of anilines is 1. The Balaban J connectivity index is 1.65. The topological polar surface area (TPSA) is 88.9 Å². The van der Waals surface area contributed by atoms with Crippen LogP contribution in [-0.2, 0) is 17.8 Å². The highest BCUT2D eigenvalue weighted by molar-refractivity contribution is 7.99. The lowest BCUT2D eigenvalue weighted by Crippen LogP contribution is -2.28. The van der Waals surface area contributed by atoms with Crippen LogP contribution in [0.2, 0.25) is 5.02 Å². The van der Waals surface area contributed by atoms with Crippen LogP contribution in [0.4, 0.5) is 5.69 Å². The van der Waals surface area contributed by atoms with E-state index in [1.54, 1.807) is 24.3 Å². The summed E-state index contributed by atoms with van der Waals surface area (Å²) in [6.45, 7) is 8.51. The van der Waals surface area contributed by atoms with Crippen LogP contribution < -0.4 is 10.6 Å². The number of hydrogen-bond acceptors (Lipinski definition) is 5.